The molecular formula is C15H32N2O. The lowest BCUT2D eigenvalue weighted by molar-refractivity contribution is -0.0517. The Morgan fingerprint density at radius 3 is 2.56 bits per heavy atom. The van der Waals surface area contributed by atoms with Crippen LogP contribution in [0.15, 0.2) is 0 Å². The van der Waals surface area contributed by atoms with Gasteiger partial charge in [0.15, 0.2) is 0 Å². The van der Waals surface area contributed by atoms with Crippen LogP contribution in [0.2, 0.25) is 0 Å². The van der Waals surface area contributed by atoms with E-state index in [1.807, 2.05) is 7.11 Å². The van der Waals surface area contributed by atoms with Crippen molar-refractivity contribution in [2.24, 2.45) is 5.41 Å². The van der Waals surface area contributed by atoms with Crippen LogP contribution in [0.1, 0.15) is 47.0 Å². The lowest BCUT2D eigenvalue weighted by atomic mass is 9.84. The first-order valence-corrected chi connectivity index (χ1v) is 7.25. The second kappa shape index (κ2) is 6.36. The van der Waals surface area contributed by atoms with Crippen LogP contribution in [-0.4, -0.2) is 50.3 Å². The number of rotatable bonds is 5. The Balaban J connectivity index is 2.43. The fourth-order valence-corrected chi connectivity index (χ4v) is 2.99. The maximum Gasteiger partial charge on any atom is 0.0777 e. The molecule has 2 unspecified atom stereocenters. The lowest BCUT2D eigenvalue weighted by Gasteiger charge is -2.40. The van der Waals surface area contributed by atoms with Crippen molar-refractivity contribution in [2.75, 3.05) is 33.8 Å². The summed E-state index contributed by atoms with van der Waals surface area (Å²) in [6.07, 6.45) is 3.65. The van der Waals surface area contributed by atoms with E-state index in [-0.39, 0.29) is 5.60 Å². The third kappa shape index (κ3) is 4.52. The first-order chi connectivity index (χ1) is 8.30. The summed E-state index contributed by atoms with van der Waals surface area (Å²) in [5.41, 5.74) is 0.393. The number of ether oxygens (including phenoxy) is 1. The highest BCUT2D eigenvalue weighted by molar-refractivity contribution is 4.86. The molecule has 2 atom stereocenters. The molecule has 0 aromatic heterocycles. The second-order valence-corrected chi connectivity index (χ2v) is 7.03. The maximum absolute atomic E-state index is 5.65. The molecule has 0 amide bonds. The summed E-state index contributed by atoms with van der Waals surface area (Å²) in [4.78, 5) is 2.56. The van der Waals surface area contributed by atoms with Crippen molar-refractivity contribution in [2.45, 2.75) is 58.6 Å². The van der Waals surface area contributed by atoms with Crippen molar-refractivity contribution in [3.05, 3.63) is 0 Å². The topological polar surface area (TPSA) is 24.5 Å². The molecule has 0 saturated carbocycles. The fourth-order valence-electron chi connectivity index (χ4n) is 2.99. The van der Waals surface area contributed by atoms with E-state index in [0.29, 0.717) is 11.5 Å². The average Bonchev–Trinajstić information content (AvgIpc) is 2.28. The average molecular weight is 256 g/mol. The SMILES string of the molecule is CNC(CCN1CCCC(C)(OC)C1)C(C)(C)C. The van der Waals surface area contributed by atoms with E-state index in [1.165, 1.54) is 32.4 Å². The molecule has 108 valence electrons. The summed E-state index contributed by atoms with van der Waals surface area (Å²) in [5.74, 6) is 0. The summed E-state index contributed by atoms with van der Waals surface area (Å²) in [7, 11) is 3.92. The van der Waals surface area contributed by atoms with Gasteiger partial charge in [-0.15, -0.1) is 0 Å². The zero-order valence-electron chi connectivity index (χ0n) is 13.2. The third-order valence-electron chi connectivity index (χ3n) is 4.36. The van der Waals surface area contributed by atoms with Crippen molar-refractivity contribution < 1.29 is 4.74 Å². The molecule has 0 bridgehead atoms. The van der Waals surface area contributed by atoms with Crippen molar-refractivity contribution in [3.8, 4) is 0 Å². The number of piperidine rings is 1. The summed E-state index contributed by atoms with van der Waals surface area (Å²) in [5, 5.41) is 3.46. The number of methoxy groups -OCH3 is 1. The van der Waals surface area contributed by atoms with Crippen LogP contribution < -0.4 is 5.32 Å². The molecule has 1 fully saturated rings. The predicted octanol–water partition coefficient (Wildman–Crippen LogP) is 2.51. The normalized spacial score (nSPS) is 28.3. The van der Waals surface area contributed by atoms with Gasteiger partial charge in [0.2, 0.25) is 0 Å². The molecule has 1 rings (SSSR count). The van der Waals surface area contributed by atoms with Crippen molar-refractivity contribution in [3.63, 3.8) is 0 Å². The van der Waals surface area contributed by atoms with Gasteiger partial charge in [-0.25, -0.2) is 0 Å². The minimum Gasteiger partial charge on any atom is -0.377 e. The molecule has 3 nitrogen and oxygen atoms in total. The zero-order chi connectivity index (χ0) is 13.8. The molecule has 0 spiro atoms. The fraction of sp³-hybridized carbons (Fsp3) is 1.00. The molecule has 1 N–H and O–H groups in total. The van der Waals surface area contributed by atoms with E-state index in [9.17, 15) is 0 Å². The monoisotopic (exact) mass is 256 g/mol. The number of nitrogens with zero attached hydrogens (tertiary/aromatic N) is 1. The van der Waals surface area contributed by atoms with E-state index in [2.05, 4.69) is 45.0 Å². The molecule has 1 saturated heterocycles. The Bertz CT molecular complexity index is 249. The largest absolute Gasteiger partial charge is 0.377 e. The van der Waals surface area contributed by atoms with Crippen LogP contribution >= 0.6 is 0 Å². The standard InChI is InChI=1S/C15H32N2O/c1-14(2,3)13(16-5)8-11-17-10-7-9-15(4,12-17)18-6/h13,16H,7-12H2,1-6H3. The van der Waals surface area contributed by atoms with Crippen LogP contribution in [0.5, 0.6) is 0 Å². The summed E-state index contributed by atoms with van der Waals surface area (Å²) in [6.45, 7) is 12.6. The molecule has 0 aromatic rings. The second-order valence-electron chi connectivity index (χ2n) is 7.03. The molecule has 1 aliphatic heterocycles. The number of likely N-dealkylation sites (tertiary alicyclic amines) is 1. The molecule has 18 heavy (non-hydrogen) atoms. The highest BCUT2D eigenvalue weighted by Crippen LogP contribution is 2.26. The molecule has 1 aliphatic rings. The van der Waals surface area contributed by atoms with Crippen LogP contribution in [0.25, 0.3) is 0 Å². The van der Waals surface area contributed by atoms with Gasteiger partial charge in [0.05, 0.1) is 5.60 Å². The van der Waals surface area contributed by atoms with E-state index >= 15 is 0 Å². The van der Waals surface area contributed by atoms with Crippen LogP contribution in [-0.2, 0) is 4.74 Å². The smallest absolute Gasteiger partial charge is 0.0777 e. The molecular weight excluding hydrogens is 224 g/mol. The summed E-state index contributed by atoms with van der Waals surface area (Å²) in [6, 6.07) is 0.577. The first-order valence-electron chi connectivity index (χ1n) is 7.25. The highest BCUT2D eigenvalue weighted by Gasteiger charge is 2.31. The maximum atomic E-state index is 5.65. The molecule has 3 heteroatoms. The van der Waals surface area contributed by atoms with Crippen molar-refractivity contribution in [1.29, 1.82) is 0 Å². The van der Waals surface area contributed by atoms with Crippen LogP contribution in [0, 0.1) is 5.41 Å². The summed E-state index contributed by atoms with van der Waals surface area (Å²) < 4.78 is 5.65. The number of nitrogens with one attached hydrogen (secondary N) is 1. The van der Waals surface area contributed by atoms with Crippen molar-refractivity contribution in [1.82, 2.24) is 10.2 Å². The Morgan fingerprint density at radius 2 is 2.06 bits per heavy atom. The van der Waals surface area contributed by atoms with Gasteiger partial charge >= 0.3 is 0 Å². The Labute approximate surface area is 113 Å². The molecule has 0 radical (unpaired) electrons. The lowest BCUT2D eigenvalue weighted by Crippen LogP contribution is -2.49. The number of hydrogen-bond acceptors (Lipinski definition) is 3. The van der Waals surface area contributed by atoms with Gasteiger partial charge in [0.25, 0.3) is 0 Å². The minimum absolute atomic E-state index is 0.0646. The quantitative estimate of drug-likeness (QED) is 0.818. The van der Waals surface area contributed by atoms with E-state index < -0.39 is 0 Å². The van der Waals surface area contributed by atoms with Gasteiger partial charge in [-0.2, -0.15) is 0 Å². The molecule has 0 aromatic carbocycles. The van der Waals surface area contributed by atoms with Crippen LogP contribution in [0.3, 0.4) is 0 Å². The van der Waals surface area contributed by atoms with E-state index in [0.717, 1.165) is 6.54 Å². The van der Waals surface area contributed by atoms with Gasteiger partial charge in [-0.3, -0.25) is 0 Å². The van der Waals surface area contributed by atoms with Crippen LogP contribution in [0.4, 0.5) is 0 Å². The number of hydrogen-bond donors (Lipinski definition) is 1. The first kappa shape index (κ1) is 15.9. The Morgan fingerprint density at radius 1 is 1.39 bits per heavy atom. The van der Waals surface area contributed by atoms with Gasteiger partial charge < -0.3 is 15.0 Å². The summed E-state index contributed by atoms with van der Waals surface area (Å²) >= 11 is 0. The van der Waals surface area contributed by atoms with Gasteiger partial charge in [0, 0.05) is 19.7 Å². The minimum atomic E-state index is 0.0646. The zero-order valence-corrected chi connectivity index (χ0v) is 13.2. The van der Waals surface area contributed by atoms with Gasteiger partial charge in [-0.1, -0.05) is 20.8 Å². The molecule has 1 heterocycles. The van der Waals surface area contributed by atoms with Crippen molar-refractivity contribution >= 4 is 0 Å². The van der Waals surface area contributed by atoms with E-state index in [4.69, 9.17) is 4.74 Å². The van der Waals surface area contributed by atoms with Gasteiger partial charge in [-0.05, 0) is 51.7 Å². The molecule has 0 aliphatic carbocycles. The van der Waals surface area contributed by atoms with Gasteiger partial charge in [0.1, 0.15) is 0 Å². The Hall–Kier alpha value is -0.120. The predicted molar refractivity (Wildman–Crippen MR) is 78.0 cm³/mol. The van der Waals surface area contributed by atoms with E-state index in [1.54, 1.807) is 0 Å². The highest BCUT2D eigenvalue weighted by atomic mass is 16.5. The Kier molecular flexibility index (Phi) is 5.63. The third-order valence-corrected chi connectivity index (χ3v) is 4.36.